The van der Waals surface area contributed by atoms with Gasteiger partial charge in [0.25, 0.3) is 0 Å². The summed E-state index contributed by atoms with van der Waals surface area (Å²) in [6.45, 7) is 3.18. The van der Waals surface area contributed by atoms with Gasteiger partial charge in [0.15, 0.2) is 11.5 Å². The summed E-state index contributed by atoms with van der Waals surface area (Å²) in [4.78, 5) is 2.25. The van der Waals surface area contributed by atoms with Crippen molar-refractivity contribution >= 4 is 11.8 Å². The van der Waals surface area contributed by atoms with E-state index in [4.69, 9.17) is 9.47 Å². The number of hydrogen-bond donors (Lipinski definition) is 1. The number of aliphatic hydroxyl groups excluding tert-OH is 1. The Hall–Kier alpha value is -1.65. The highest BCUT2D eigenvalue weighted by atomic mass is 32.2. The van der Waals surface area contributed by atoms with Gasteiger partial charge in [-0.2, -0.15) is 0 Å². The molecular formula is C17H18O3S. The molecule has 1 aliphatic rings. The smallest absolute Gasteiger partial charge is 0.162 e. The monoisotopic (exact) mass is 302 g/mol. The zero-order valence-electron chi connectivity index (χ0n) is 11.9. The first-order valence-corrected chi connectivity index (χ1v) is 7.89. The Morgan fingerprint density at radius 3 is 2.33 bits per heavy atom. The minimum Gasteiger partial charge on any atom is -0.490 e. The van der Waals surface area contributed by atoms with Crippen LogP contribution in [0.4, 0.5) is 0 Å². The van der Waals surface area contributed by atoms with Crippen LogP contribution in [0.25, 0.3) is 0 Å². The van der Waals surface area contributed by atoms with Gasteiger partial charge < -0.3 is 14.6 Å². The Morgan fingerprint density at radius 1 is 0.952 bits per heavy atom. The molecule has 0 fully saturated rings. The van der Waals surface area contributed by atoms with Crippen LogP contribution >= 0.6 is 11.8 Å². The first-order chi connectivity index (χ1) is 10.2. The van der Waals surface area contributed by atoms with Crippen molar-refractivity contribution in [3.05, 3.63) is 48.0 Å². The van der Waals surface area contributed by atoms with Gasteiger partial charge in [-0.25, -0.2) is 0 Å². The lowest BCUT2D eigenvalue weighted by molar-refractivity contribution is 0.199. The molecule has 0 saturated carbocycles. The Labute approximate surface area is 128 Å². The van der Waals surface area contributed by atoms with Crippen molar-refractivity contribution in [3.63, 3.8) is 0 Å². The average Bonchev–Trinajstić information content (AvgIpc) is 2.72. The summed E-state index contributed by atoms with van der Waals surface area (Å²) in [7, 11) is 0. The van der Waals surface area contributed by atoms with E-state index in [1.54, 1.807) is 18.7 Å². The van der Waals surface area contributed by atoms with Crippen molar-refractivity contribution in [2.24, 2.45) is 0 Å². The zero-order valence-corrected chi connectivity index (χ0v) is 12.7. The molecule has 4 heteroatoms. The van der Waals surface area contributed by atoms with Crippen LogP contribution in [-0.2, 0) is 0 Å². The fourth-order valence-corrected chi connectivity index (χ4v) is 3.00. The van der Waals surface area contributed by atoms with E-state index >= 15 is 0 Å². The third kappa shape index (κ3) is 3.52. The summed E-state index contributed by atoms with van der Waals surface area (Å²) in [6, 6.07) is 14.0. The van der Waals surface area contributed by atoms with Gasteiger partial charge in [0, 0.05) is 16.2 Å². The molecule has 0 aromatic heterocycles. The van der Waals surface area contributed by atoms with E-state index < -0.39 is 6.10 Å². The van der Waals surface area contributed by atoms with Crippen LogP contribution in [0.2, 0.25) is 0 Å². The summed E-state index contributed by atoms with van der Waals surface area (Å²) in [5.41, 5.74) is 0.929. The van der Waals surface area contributed by atoms with Crippen LogP contribution in [0, 0.1) is 0 Å². The van der Waals surface area contributed by atoms with E-state index in [1.807, 2.05) is 42.5 Å². The third-order valence-corrected chi connectivity index (χ3v) is 4.31. The molecule has 0 radical (unpaired) electrons. The highest BCUT2D eigenvalue weighted by Crippen LogP contribution is 2.36. The van der Waals surface area contributed by atoms with Gasteiger partial charge in [-0.1, -0.05) is 23.9 Å². The van der Waals surface area contributed by atoms with Crippen molar-refractivity contribution in [1.29, 1.82) is 0 Å². The summed E-state index contributed by atoms with van der Waals surface area (Å²) in [5.74, 6) is 1.64. The van der Waals surface area contributed by atoms with E-state index in [1.165, 1.54) is 0 Å². The van der Waals surface area contributed by atoms with Crippen molar-refractivity contribution in [2.75, 3.05) is 13.2 Å². The lowest BCUT2D eigenvalue weighted by Crippen LogP contribution is -1.97. The van der Waals surface area contributed by atoms with Crippen molar-refractivity contribution in [1.82, 2.24) is 0 Å². The van der Waals surface area contributed by atoms with Gasteiger partial charge in [-0.3, -0.25) is 0 Å². The number of rotatable bonds is 3. The molecule has 2 aromatic rings. The highest BCUT2D eigenvalue weighted by molar-refractivity contribution is 7.99. The molecule has 21 heavy (non-hydrogen) atoms. The Balaban J connectivity index is 1.77. The van der Waals surface area contributed by atoms with Crippen LogP contribution < -0.4 is 9.47 Å². The second-order valence-electron chi connectivity index (χ2n) is 5.01. The SMILES string of the molecule is C[C@@H](O)c1ccc(Sc2ccc3c(c2)OCCCO3)cc1. The van der Waals surface area contributed by atoms with Crippen molar-refractivity contribution in [2.45, 2.75) is 29.2 Å². The number of benzene rings is 2. The third-order valence-electron chi connectivity index (χ3n) is 3.32. The van der Waals surface area contributed by atoms with Gasteiger partial charge in [-0.15, -0.1) is 0 Å². The van der Waals surface area contributed by atoms with Crippen LogP contribution in [-0.4, -0.2) is 18.3 Å². The molecule has 3 nitrogen and oxygen atoms in total. The van der Waals surface area contributed by atoms with E-state index in [-0.39, 0.29) is 0 Å². The molecule has 1 N–H and O–H groups in total. The molecule has 0 saturated heterocycles. The normalized spacial score (nSPS) is 15.3. The minimum atomic E-state index is -0.429. The van der Waals surface area contributed by atoms with Crippen LogP contribution in [0.5, 0.6) is 11.5 Å². The maximum Gasteiger partial charge on any atom is 0.162 e. The van der Waals surface area contributed by atoms with Crippen LogP contribution in [0.3, 0.4) is 0 Å². The molecule has 0 bridgehead atoms. The van der Waals surface area contributed by atoms with Crippen molar-refractivity contribution < 1.29 is 14.6 Å². The summed E-state index contributed by atoms with van der Waals surface area (Å²) < 4.78 is 11.3. The first kappa shape index (κ1) is 14.3. The molecule has 0 unspecified atom stereocenters. The molecule has 0 aliphatic carbocycles. The highest BCUT2D eigenvalue weighted by Gasteiger charge is 2.11. The quantitative estimate of drug-likeness (QED) is 0.928. The predicted octanol–water partition coefficient (Wildman–Crippen LogP) is 4.05. The lowest BCUT2D eigenvalue weighted by atomic mass is 10.1. The first-order valence-electron chi connectivity index (χ1n) is 7.08. The van der Waals surface area contributed by atoms with Gasteiger partial charge >= 0.3 is 0 Å². The second-order valence-corrected chi connectivity index (χ2v) is 6.15. The minimum absolute atomic E-state index is 0.429. The van der Waals surface area contributed by atoms with E-state index in [9.17, 15) is 5.11 Å². The number of fused-ring (bicyclic) bond motifs is 1. The summed E-state index contributed by atoms with van der Waals surface area (Å²) >= 11 is 1.67. The summed E-state index contributed by atoms with van der Waals surface area (Å²) in [6.07, 6.45) is 0.486. The fraction of sp³-hybridized carbons (Fsp3) is 0.294. The van der Waals surface area contributed by atoms with Crippen LogP contribution in [0.15, 0.2) is 52.3 Å². The standard InChI is InChI=1S/C17H18O3S/c1-12(18)13-3-5-14(6-4-13)21-15-7-8-16-17(11-15)20-10-2-9-19-16/h3-8,11-12,18H,2,9-10H2,1H3/t12-/m1/s1. The average molecular weight is 302 g/mol. The van der Waals surface area contributed by atoms with Gasteiger partial charge in [0.2, 0.25) is 0 Å². The largest absolute Gasteiger partial charge is 0.490 e. The van der Waals surface area contributed by atoms with E-state index in [0.717, 1.165) is 33.3 Å². The Bertz CT molecular complexity index is 608. The molecular weight excluding hydrogens is 284 g/mol. The topological polar surface area (TPSA) is 38.7 Å². The van der Waals surface area contributed by atoms with E-state index in [0.29, 0.717) is 13.2 Å². The van der Waals surface area contributed by atoms with Gasteiger partial charge in [0.05, 0.1) is 19.3 Å². The maximum atomic E-state index is 9.53. The van der Waals surface area contributed by atoms with E-state index in [2.05, 4.69) is 0 Å². The molecule has 1 atom stereocenters. The Kier molecular flexibility index (Phi) is 4.36. The molecule has 0 spiro atoms. The molecule has 0 amide bonds. The number of aliphatic hydroxyl groups is 1. The molecule has 1 heterocycles. The maximum absolute atomic E-state index is 9.53. The fourth-order valence-electron chi connectivity index (χ4n) is 2.16. The zero-order chi connectivity index (χ0) is 14.7. The predicted molar refractivity (Wildman–Crippen MR) is 83.2 cm³/mol. The molecule has 2 aromatic carbocycles. The Morgan fingerprint density at radius 2 is 1.62 bits per heavy atom. The van der Waals surface area contributed by atoms with Gasteiger partial charge in [0.1, 0.15) is 0 Å². The second kappa shape index (κ2) is 6.41. The van der Waals surface area contributed by atoms with Crippen molar-refractivity contribution in [3.8, 4) is 11.5 Å². The number of ether oxygens (including phenoxy) is 2. The summed E-state index contributed by atoms with van der Waals surface area (Å²) in [5, 5.41) is 9.53. The van der Waals surface area contributed by atoms with Crippen LogP contribution in [0.1, 0.15) is 25.0 Å². The lowest BCUT2D eigenvalue weighted by Gasteiger charge is -2.10. The molecule has 3 rings (SSSR count). The molecule has 1 aliphatic heterocycles. The van der Waals surface area contributed by atoms with Gasteiger partial charge in [-0.05, 0) is 42.8 Å². The molecule has 110 valence electrons. The number of hydrogen-bond acceptors (Lipinski definition) is 4.